The van der Waals surface area contributed by atoms with Crippen molar-refractivity contribution in [3.8, 4) is 0 Å². The van der Waals surface area contributed by atoms with Crippen LogP contribution < -0.4 is 0 Å². The lowest BCUT2D eigenvalue weighted by molar-refractivity contribution is 0.103. The van der Waals surface area contributed by atoms with Crippen LogP contribution >= 0.6 is 0 Å². The Labute approximate surface area is 119 Å². The normalized spacial score (nSPS) is 11.4. The van der Waals surface area contributed by atoms with E-state index < -0.39 is 0 Å². The highest BCUT2D eigenvalue weighted by Crippen LogP contribution is 2.27. The lowest BCUT2D eigenvalue weighted by atomic mass is 9.82. The Morgan fingerprint density at radius 3 is 2.30 bits per heavy atom. The third-order valence-electron chi connectivity index (χ3n) is 3.40. The number of hydrogen-bond donors (Lipinski definition) is 0. The molecule has 0 heterocycles. The standard InChI is InChI=1S/C18H19FO/c1-12-11-13(9-10-16(12)19)17(20)14-7-5-6-8-15(14)18(2,3)4/h5-11H,1-4H3. The molecule has 0 saturated carbocycles. The Hall–Kier alpha value is -1.96. The smallest absolute Gasteiger partial charge is 0.193 e. The maximum atomic E-state index is 13.3. The van der Waals surface area contributed by atoms with E-state index in [1.54, 1.807) is 19.1 Å². The number of halogens is 1. The molecule has 2 heteroatoms. The van der Waals surface area contributed by atoms with Crippen LogP contribution in [0.15, 0.2) is 42.5 Å². The van der Waals surface area contributed by atoms with Gasteiger partial charge in [0.25, 0.3) is 0 Å². The van der Waals surface area contributed by atoms with Gasteiger partial charge in [0.15, 0.2) is 5.78 Å². The lowest BCUT2D eigenvalue weighted by Crippen LogP contribution is -2.17. The molecule has 1 nitrogen and oxygen atoms in total. The zero-order chi connectivity index (χ0) is 14.9. The molecule has 0 atom stereocenters. The highest BCUT2D eigenvalue weighted by Gasteiger charge is 2.22. The summed E-state index contributed by atoms with van der Waals surface area (Å²) in [6.07, 6.45) is 0. The second kappa shape index (κ2) is 5.20. The average Bonchev–Trinajstić information content (AvgIpc) is 2.40. The molecular formula is C18H19FO. The topological polar surface area (TPSA) is 17.1 Å². The molecule has 0 fully saturated rings. The fourth-order valence-electron chi connectivity index (χ4n) is 2.28. The molecule has 104 valence electrons. The molecule has 0 bridgehead atoms. The predicted octanol–water partition coefficient (Wildman–Crippen LogP) is 4.66. The first-order valence-electron chi connectivity index (χ1n) is 6.71. The molecular weight excluding hydrogens is 251 g/mol. The first kappa shape index (κ1) is 14.4. The molecule has 0 saturated heterocycles. The molecule has 0 aliphatic carbocycles. The molecule has 2 aromatic rings. The summed E-state index contributed by atoms with van der Waals surface area (Å²) in [6, 6.07) is 12.1. The van der Waals surface area contributed by atoms with Crippen molar-refractivity contribution in [2.45, 2.75) is 33.1 Å². The van der Waals surface area contributed by atoms with Gasteiger partial charge in [-0.25, -0.2) is 4.39 Å². The van der Waals surface area contributed by atoms with E-state index >= 15 is 0 Å². The summed E-state index contributed by atoms with van der Waals surface area (Å²) in [5.41, 5.74) is 2.60. The average molecular weight is 270 g/mol. The van der Waals surface area contributed by atoms with Crippen molar-refractivity contribution in [1.82, 2.24) is 0 Å². The van der Waals surface area contributed by atoms with Gasteiger partial charge in [-0.15, -0.1) is 0 Å². The van der Waals surface area contributed by atoms with Crippen LogP contribution in [-0.2, 0) is 5.41 Å². The Morgan fingerprint density at radius 2 is 1.70 bits per heavy atom. The molecule has 0 amide bonds. The number of aryl methyl sites for hydroxylation is 1. The Kier molecular flexibility index (Phi) is 3.76. The number of carbonyl (C=O) groups is 1. The summed E-state index contributed by atoms with van der Waals surface area (Å²) in [7, 11) is 0. The Morgan fingerprint density at radius 1 is 1.05 bits per heavy atom. The van der Waals surface area contributed by atoms with Gasteiger partial charge in [0.05, 0.1) is 0 Å². The fraction of sp³-hybridized carbons (Fsp3) is 0.278. The quantitative estimate of drug-likeness (QED) is 0.725. The molecule has 0 spiro atoms. The Bertz CT molecular complexity index is 651. The molecule has 0 aliphatic rings. The van der Waals surface area contributed by atoms with Gasteiger partial charge in [-0.1, -0.05) is 45.0 Å². The monoisotopic (exact) mass is 270 g/mol. The first-order chi connectivity index (χ1) is 9.30. The van der Waals surface area contributed by atoms with Crippen LogP contribution in [0.2, 0.25) is 0 Å². The molecule has 2 rings (SSSR count). The Balaban J connectivity index is 2.51. The van der Waals surface area contributed by atoms with Gasteiger partial charge >= 0.3 is 0 Å². The molecule has 0 unspecified atom stereocenters. The van der Waals surface area contributed by atoms with Crippen LogP contribution in [0, 0.1) is 12.7 Å². The van der Waals surface area contributed by atoms with Crippen molar-refractivity contribution in [3.05, 3.63) is 70.5 Å². The minimum Gasteiger partial charge on any atom is -0.289 e. The van der Waals surface area contributed by atoms with Gasteiger partial charge in [-0.3, -0.25) is 4.79 Å². The first-order valence-corrected chi connectivity index (χ1v) is 6.71. The van der Waals surface area contributed by atoms with Crippen LogP contribution in [0.3, 0.4) is 0 Å². The van der Waals surface area contributed by atoms with Crippen LogP contribution in [0.4, 0.5) is 4.39 Å². The van der Waals surface area contributed by atoms with E-state index in [4.69, 9.17) is 0 Å². The summed E-state index contributed by atoms with van der Waals surface area (Å²) < 4.78 is 13.3. The zero-order valence-electron chi connectivity index (χ0n) is 12.3. The molecule has 0 aliphatic heterocycles. The van der Waals surface area contributed by atoms with E-state index in [0.717, 1.165) is 5.56 Å². The van der Waals surface area contributed by atoms with Gasteiger partial charge in [-0.2, -0.15) is 0 Å². The number of ketones is 1. The SMILES string of the molecule is Cc1cc(C(=O)c2ccccc2C(C)(C)C)ccc1F. The minimum absolute atomic E-state index is 0.0568. The highest BCUT2D eigenvalue weighted by atomic mass is 19.1. The molecule has 0 radical (unpaired) electrons. The minimum atomic E-state index is -0.286. The van der Waals surface area contributed by atoms with Gasteiger partial charge < -0.3 is 0 Å². The maximum absolute atomic E-state index is 13.3. The van der Waals surface area contributed by atoms with E-state index in [-0.39, 0.29) is 17.0 Å². The van der Waals surface area contributed by atoms with Crippen molar-refractivity contribution in [2.24, 2.45) is 0 Å². The molecule has 0 aromatic heterocycles. The molecule has 20 heavy (non-hydrogen) atoms. The van der Waals surface area contributed by atoms with Crippen LogP contribution in [0.1, 0.15) is 47.8 Å². The zero-order valence-corrected chi connectivity index (χ0v) is 12.3. The maximum Gasteiger partial charge on any atom is 0.193 e. The third kappa shape index (κ3) is 2.79. The van der Waals surface area contributed by atoms with Gasteiger partial charge in [-0.05, 0) is 41.7 Å². The van der Waals surface area contributed by atoms with Crippen LogP contribution in [0.25, 0.3) is 0 Å². The van der Waals surface area contributed by atoms with Crippen molar-refractivity contribution in [2.75, 3.05) is 0 Å². The van der Waals surface area contributed by atoms with Crippen LogP contribution in [0.5, 0.6) is 0 Å². The van der Waals surface area contributed by atoms with E-state index in [9.17, 15) is 9.18 Å². The number of carbonyl (C=O) groups excluding carboxylic acids is 1. The van der Waals surface area contributed by atoms with E-state index in [2.05, 4.69) is 20.8 Å². The van der Waals surface area contributed by atoms with Crippen molar-refractivity contribution >= 4 is 5.78 Å². The van der Waals surface area contributed by atoms with E-state index in [1.165, 1.54) is 6.07 Å². The second-order valence-electron chi connectivity index (χ2n) is 6.09. The molecule has 2 aromatic carbocycles. The predicted molar refractivity (Wildman–Crippen MR) is 79.7 cm³/mol. The summed E-state index contributed by atoms with van der Waals surface area (Å²) >= 11 is 0. The van der Waals surface area contributed by atoms with Gasteiger partial charge in [0.1, 0.15) is 5.82 Å². The largest absolute Gasteiger partial charge is 0.289 e. The van der Waals surface area contributed by atoms with Crippen molar-refractivity contribution in [3.63, 3.8) is 0 Å². The summed E-state index contributed by atoms with van der Waals surface area (Å²) in [5.74, 6) is -0.343. The third-order valence-corrected chi connectivity index (χ3v) is 3.40. The second-order valence-corrected chi connectivity index (χ2v) is 6.09. The lowest BCUT2D eigenvalue weighted by Gasteiger charge is -2.22. The van der Waals surface area contributed by atoms with Gasteiger partial charge in [0, 0.05) is 11.1 Å². The number of benzene rings is 2. The van der Waals surface area contributed by atoms with Crippen LogP contribution in [-0.4, -0.2) is 5.78 Å². The highest BCUT2D eigenvalue weighted by molar-refractivity contribution is 6.10. The van der Waals surface area contributed by atoms with E-state index in [0.29, 0.717) is 16.7 Å². The fourth-order valence-corrected chi connectivity index (χ4v) is 2.28. The van der Waals surface area contributed by atoms with Crippen molar-refractivity contribution in [1.29, 1.82) is 0 Å². The molecule has 0 N–H and O–H groups in total. The summed E-state index contributed by atoms with van der Waals surface area (Å²) in [4.78, 5) is 12.7. The summed E-state index contributed by atoms with van der Waals surface area (Å²) in [6.45, 7) is 7.90. The number of hydrogen-bond acceptors (Lipinski definition) is 1. The summed E-state index contributed by atoms with van der Waals surface area (Å²) in [5, 5.41) is 0. The van der Waals surface area contributed by atoms with E-state index in [1.807, 2.05) is 24.3 Å². The number of rotatable bonds is 2. The van der Waals surface area contributed by atoms with Gasteiger partial charge in [0.2, 0.25) is 0 Å². The van der Waals surface area contributed by atoms with Crippen molar-refractivity contribution < 1.29 is 9.18 Å².